The van der Waals surface area contributed by atoms with Crippen LogP contribution >= 0.6 is 22.7 Å². The van der Waals surface area contributed by atoms with Crippen LogP contribution in [-0.4, -0.2) is 18.1 Å². The van der Waals surface area contributed by atoms with Crippen molar-refractivity contribution in [1.82, 2.24) is 10.3 Å². The molecule has 23 heavy (non-hydrogen) atoms. The molecule has 3 rings (SSSR count). The second-order valence-electron chi connectivity index (χ2n) is 4.87. The topological polar surface area (TPSA) is 51.2 Å². The largest absolute Gasteiger partial charge is 0.468 e. The lowest BCUT2D eigenvalue weighted by Crippen LogP contribution is -2.29. The predicted octanol–water partition coefficient (Wildman–Crippen LogP) is 3.88. The fraction of sp³-hybridized carbons (Fsp3) is 0.176. The van der Waals surface area contributed by atoms with Crippen molar-refractivity contribution in [3.8, 4) is 9.88 Å². The molecule has 0 aliphatic heterocycles. The Morgan fingerprint density at radius 1 is 1.22 bits per heavy atom. The maximum absolute atomic E-state index is 12.0. The number of nitrogens with one attached hydrogen (secondary N) is 1. The number of hydrogen-bond donors (Lipinski definition) is 1. The second kappa shape index (κ2) is 7.50. The van der Waals surface area contributed by atoms with E-state index in [0.29, 0.717) is 6.54 Å². The van der Waals surface area contributed by atoms with Gasteiger partial charge in [0.25, 0.3) is 0 Å². The number of ether oxygens (including phenoxy) is 1. The monoisotopic (exact) mass is 344 g/mol. The highest BCUT2D eigenvalue weighted by molar-refractivity contribution is 7.20. The third-order valence-electron chi connectivity index (χ3n) is 3.34. The van der Waals surface area contributed by atoms with Gasteiger partial charge in [0.05, 0.1) is 17.7 Å². The lowest BCUT2D eigenvalue weighted by atomic mass is 10.1. The number of carbonyl (C=O) groups excluding carboxylic acids is 1. The van der Waals surface area contributed by atoms with Gasteiger partial charge >= 0.3 is 5.97 Å². The van der Waals surface area contributed by atoms with E-state index in [0.717, 1.165) is 21.1 Å². The van der Waals surface area contributed by atoms with Gasteiger partial charge in [0.1, 0.15) is 11.0 Å². The fourth-order valence-corrected chi connectivity index (χ4v) is 3.84. The maximum Gasteiger partial charge on any atom is 0.327 e. The Kier molecular flexibility index (Phi) is 5.17. The molecule has 0 radical (unpaired) electrons. The van der Waals surface area contributed by atoms with Gasteiger partial charge in [0.2, 0.25) is 0 Å². The number of thiophene rings is 1. The van der Waals surface area contributed by atoms with E-state index >= 15 is 0 Å². The molecular formula is C17H16N2O2S2. The zero-order valence-electron chi connectivity index (χ0n) is 12.6. The van der Waals surface area contributed by atoms with Gasteiger partial charge in [0, 0.05) is 11.9 Å². The van der Waals surface area contributed by atoms with E-state index in [2.05, 4.69) is 16.4 Å². The summed E-state index contributed by atoms with van der Waals surface area (Å²) in [5.41, 5.74) is 1.80. The number of carbonyl (C=O) groups is 1. The molecule has 0 aliphatic rings. The average molecular weight is 344 g/mol. The van der Waals surface area contributed by atoms with Crippen LogP contribution in [0.1, 0.15) is 17.3 Å². The van der Waals surface area contributed by atoms with Crippen molar-refractivity contribution in [3.63, 3.8) is 0 Å². The van der Waals surface area contributed by atoms with Gasteiger partial charge in [0.15, 0.2) is 0 Å². The van der Waals surface area contributed by atoms with Crippen molar-refractivity contribution in [2.75, 3.05) is 7.11 Å². The predicted molar refractivity (Wildman–Crippen MR) is 93.5 cm³/mol. The third-order valence-corrected chi connectivity index (χ3v) is 5.27. The molecule has 1 aromatic carbocycles. The summed E-state index contributed by atoms with van der Waals surface area (Å²) in [5, 5.41) is 8.29. The Balaban J connectivity index is 1.71. The first-order chi connectivity index (χ1) is 11.3. The molecule has 118 valence electrons. The standard InChI is InChI=1S/C17H16N2O2S2/c1-21-17(20)15(12-6-3-2-4-7-12)18-10-13-11-23-16(19-13)14-8-5-9-22-14/h2-9,11,15,18H,10H2,1H3/t15-/m1/s1. The van der Waals surface area contributed by atoms with Crippen molar-refractivity contribution < 1.29 is 9.53 Å². The van der Waals surface area contributed by atoms with E-state index in [4.69, 9.17) is 4.74 Å². The minimum absolute atomic E-state index is 0.301. The van der Waals surface area contributed by atoms with Gasteiger partial charge in [-0.2, -0.15) is 0 Å². The Morgan fingerprint density at radius 2 is 2.04 bits per heavy atom. The number of rotatable bonds is 6. The molecule has 1 N–H and O–H groups in total. The first-order valence-electron chi connectivity index (χ1n) is 7.12. The number of aromatic nitrogens is 1. The van der Waals surface area contributed by atoms with Crippen LogP contribution in [0.3, 0.4) is 0 Å². The van der Waals surface area contributed by atoms with Crippen molar-refractivity contribution in [3.05, 3.63) is 64.5 Å². The van der Waals surface area contributed by atoms with Gasteiger partial charge in [-0.25, -0.2) is 9.78 Å². The summed E-state index contributed by atoms with van der Waals surface area (Å²) >= 11 is 3.28. The SMILES string of the molecule is COC(=O)[C@H](NCc1csc(-c2cccs2)n1)c1ccccc1. The maximum atomic E-state index is 12.0. The second-order valence-corrected chi connectivity index (χ2v) is 6.67. The van der Waals surface area contributed by atoms with Gasteiger partial charge < -0.3 is 4.74 Å². The lowest BCUT2D eigenvalue weighted by molar-refractivity contribution is -0.143. The number of benzene rings is 1. The Bertz CT molecular complexity index is 754. The molecule has 0 saturated heterocycles. The number of thiazole rings is 1. The van der Waals surface area contributed by atoms with Crippen LogP contribution < -0.4 is 5.32 Å². The fourth-order valence-electron chi connectivity index (χ4n) is 2.21. The number of esters is 1. The highest BCUT2D eigenvalue weighted by Crippen LogP contribution is 2.28. The van der Waals surface area contributed by atoms with E-state index in [1.54, 1.807) is 22.7 Å². The van der Waals surface area contributed by atoms with Gasteiger partial charge in [-0.1, -0.05) is 36.4 Å². The summed E-state index contributed by atoms with van der Waals surface area (Å²) in [4.78, 5) is 17.8. The van der Waals surface area contributed by atoms with Gasteiger partial charge in [-0.05, 0) is 17.0 Å². The molecular weight excluding hydrogens is 328 g/mol. The molecule has 0 bridgehead atoms. The Hall–Kier alpha value is -2.02. The van der Waals surface area contributed by atoms with Crippen molar-refractivity contribution in [2.24, 2.45) is 0 Å². The summed E-state index contributed by atoms with van der Waals surface area (Å²) in [5.74, 6) is -0.301. The molecule has 6 heteroatoms. The van der Waals surface area contributed by atoms with Crippen LogP contribution in [0.2, 0.25) is 0 Å². The highest BCUT2D eigenvalue weighted by Gasteiger charge is 2.21. The van der Waals surface area contributed by atoms with E-state index in [9.17, 15) is 4.79 Å². The number of hydrogen-bond acceptors (Lipinski definition) is 6. The number of nitrogens with zero attached hydrogens (tertiary/aromatic N) is 1. The van der Waals surface area contributed by atoms with Crippen LogP contribution in [0.4, 0.5) is 0 Å². The van der Waals surface area contributed by atoms with Crippen LogP contribution in [-0.2, 0) is 16.1 Å². The molecule has 2 aromatic heterocycles. The smallest absolute Gasteiger partial charge is 0.327 e. The van der Waals surface area contributed by atoms with E-state index in [1.807, 2.05) is 47.2 Å². The minimum atomic E-state index is -0.493. The van der Waals surface area contributed by atoms with Crippen LogP contribution in [0.5, 0.6) is 0 Å². The van der Waals surface area contributed by atoms with E-state index in [-0.39, 0.29) is 5.97 Å². The molecule has 2 heterocycles. The van der Waals surface area contributed by atoms with Crippen molar-refractivity contribution >= 4 is 28.6 Å². The molecule has 4 nitrogen and oxygen atoms in total. The molecule has 3 aromatic rings. The van der Waals surface area contributed by atoms with Crippen LogP contribution in [0.25, 0.3) is 9.88 Å². The van der Waals surface area contributed by atoms with Gasteiger partial charge in [-0.3, -0.25) is 5.32 Å². The quantitative estimate of drug-likeness (QED) is 0.690. The summed E-state index contributed by atoms with van der Waals surface area (Å²) in [6, 6.07) is 13.1. The zero-order valence-corrected chi connectivity index (χ0v) is 14.2. The van der Waals surface area contributed by atoms with E-state index < -0.39 is 6.04 Å². The lowest BCUT2D eigenvalue weighted by Gasteiger charge is -2.16. The highest BCUT2D eigenvalue weighted by atomic mass is 32.1. The molecule has 0 aliphatic carbocycles. The summed E-state index contributed by atoms with van der Waals surface area (Å²) in [7, 11) is 1.40. The molecule has 0 saturated carbocycles. The van der Waals surface area contributed by atoms with E-state index in [1.165, 1.54) is 7.11 Å². The molecule has 0 fully saturated rings. The Labute approximate surface area is 142 Å². The molecule has 1 atom stereocenters. The average Bonchev–Trinajstić information content (AvgIpc) is 3.27. The number of methoxy groups -OCH3 is 1. The molecule has 0 amide bonds. The Morgan fingerprint density at radius 3 is 2.74 bits per heavy atom. The minimum Gasteiger partial charge on any atom is -0.468 e. The third kappa shape index (κ3) is 3.85. The van der Waals surface area contributed by atoms with Crippen molar-refractivity contribution in [2.45, 2.75) is 12.6 Å². The summed E-state index contributed by atoms with van der Waals surface area (Å²) in [6.07, 6.45) is 0. The normalized spacial score (nSPS) is 12.0. The molecule has 0 spiro atoms. The first kappa shape index (κ1) is 15.9. The van der Waals surface area contributed by atoms with Gasteiger partial charge in [-0.15, -0.1) is 22.7 Å². The van der Waals surface area contributed by atoms with Crippen molar-refractivity contribution in [1.29, 1.82) is 0 Å². The molecule has 0 unspecified atom stereocenters. The van der Waals surface area contributed by atoms with Crippen LogP contribution in [0, 0.1) is 0 Å². The first-order valence-corrected chi connectivity index (χ1v) is 8.88. The van der Waals surface area contributed by atoms with Crippen LogP contribution in [0.15, 0.2) is 53.2 Å². The summed E-state index contributed by atoms with van der Waals surface area (Å²) in [6.45, 7) is 0.510. The zero-order chi connectivity index (χ0) is 16.1. The summed E-state index contributed by atoms with van der Waals surface area (Å²) < 4.78 is 4.90.